The van der Waals surface area contributed by atoms with Crippen LogP contribution in [0.2, 0.25) is 0 Å². The van der Waals surface area contributed by atoms with Gasteiger partial charge < -0.3 is 19.8 Å². The van der Waals surface area contributed by atoms with Crippen LogP contribution in [0.3, 0.4) is 0 Å². The van der Waals surface area contributed by atoms with Gasteiger partial charge in [0.1, 0.15) is 6.20 Å². The fourth-order valence-corrected chi connectivity index (χ4v) is 1.30. The van der Waals surface area contributed by atoms with E-state index in [-0.39, 0.29) is 11.6 Å². The average Bonchev–Trinajstić information content (AvgIpc) is 2.45. The fraction of sp³-hybridized carbons (Fsp3) is 0.400. The number of aromatic nitrogens is 2. The smallest absolute Gasteiger partial charge is 0.342 e. The molecular weight excluding hydrogens is 214 g/mol. The molecule has 2 N–H and O–H groups in total. The van der Waals surface area contributed by atoms with Crippen molar-refractivity contribution in [2.75, 3.05) is 0 Å². The standard InChI is InChI=1S/C5H7N3O5S/c1-7-3(8(10)11)2-6-4(7)5(9)14(12)13/h2,5,9H,1H3,(H,12,13). The van der Waals surface area contributed by atoms with Gasteiger partial charge in [0.15, 0.2) is 11.1 Å². The van der Waals surface area contributed by atoms with Gasteiger partial charge in [-0.2, -0.15) is 0 Å². The number of rotatable bonds is 3. The van der Waals surface area contributed by atoms with Crippen molar-refractivity contribution in [2.24, 2.45) is 7.05 Å². The number of aliphatic hydroxyl groups excluding tert-OH is 1. The zero-order valence-corrected chi connectivity index (χ0v) is 7.84. The summed E-state index contributed by atoms with van der Waals surface area (Å²) in [6, 6.07) is 0. The summed E-state index contributed by atoms with van der Waals surface area (Å²) in [5.41, 5.74) is -1.74. The maximum absolute atomic E-state index is 10.5. The summed E-state index contributed by atoms with van der Waals surface area (Å²) in [4.78, 5) is 13.1. The Morgan fingerprint density at radius 2 is 2.36 bits per heavy atom. The highest BCUT2D eigenvalue weighted by atomic mass is 32.2. The van der Waals surface area contributed by atoms with Crippen LogP contribution in [0.4, 0.5) is 5.82 Å². The Morgan fingerprint density at radius 3 is 2.71 bits per heavy atom. The van der Waals surface area contributed by atoms with Crippen molar-refractivity contribution in [1.82, 2.24) is 9.55 Å². The van der Waals surface area contributed by atoms with Crippen molar-refractivity contribution >= 4 is 16.9 Å². The van der Waals surface area contributed by atoms with Crippen molar-refractivity contribution in [3.63, 3.8) is 0 Å². The van der Waals surface area contributed by atoms with E-state index in [1.807, 2.05) is 0 Å². The molecule has 1 heterocycles. The van der Waals surface area contributed by atoms with E-state index >= 15 is 0 Å². The van der Waals surface area contributed by atoms with E-state index in [0.717, 1.165) is 10.8 Å². The van der Waals surface area contributed by atoms with Crippen molar-refractivity contribution in [1.29, 1.82) is 0 Å². The number of imidazole rings is 1. The number of hydrogen-bond acceptors (Lipinski definition) is 5. The van der Waals surface area contributed by atoms with E-state index in [9.17, 15) is 14.3 Å². The van der Waals surface area contributed by atoms with Crippen LogP contribution in [-0.4, -0.2) is 28.3 Å². The number of nitrogens with zero attached hydrogens (tertiary/aromatic N) is 3. The number of aliphatic hydroxyl groups is 1. The topological polar surface area (TPSA) is 118 Å². The lowest BCUT2D eigenvalue weighted by atomic mass is 10.6. The van der Waals surface area contributed by atoms with Gasteiger partial charge in [-0.1, -0.05) is 0 Å². The molecule has 0 aromatic carbocycles. The highest BCUT2D eigenvalue weighted by Gasteiger charge is 2.26. The first-order chi connectivity index (χ1) is 6.45. The molecule has 9 heteroatoms. The molecule has 0 amide bonds. The number of hydrogen-bond donors (Lipinski definition) is 2. The van der Waals surface area contributed by atoms with Crippen LogP contribution in [0.15, 0.2) is 6.20 Å². The van der Waals surface area contributed by atoms with Gasteiger partial charge in [0.2, 0.25) is 11.3 Å². The number of nitro groups is 1. The molecule has 78 valence electrons. The summed E-state index contributed by atoms with van der Waals surface area (Å²) in [6.45, 7) is 0. The molecule has 2 unspecified atom stereocenters. The second-order valence-corrected chi connectivity index (χ2v) is 3.42. The Labute approximate surface area is 80.6 Å². The molecule has 1 aromatic heterocycles. The largest absolute Gasteiger partial charge is 0.369 e. The first-order valence-electron chi connectivity index (χ1n) is 3.39. The van der Waals surface area contributed by atoms with Gasteiger partial charge in [-0.3, -0.25) is 0 Å². The zero-order chi connectivity index (χ0) is 10.9. The quantitative estimate of drug-likeness (QED) is 0.405. The molecule has 8 nitrogen and oxygen atoms in total. The van der Waals surface area contributed by atoms with E-state index in [1.165, 1.54) is 7.05 Å². The molecule has 0 fully saturated rings. The van der Waals surface area contributed by atoms with Gasteiger partial charge >= 0.3 is 5.82 Å². The van der Waals surface area contributed by atoms with Gasteiger partial charge in [0.05, 0.1) is 7.05 Å². The molecule has 2 atom stereocenters. The summed E-state index contributed by atoms with van der Waals surface area (Å²) in [5, 5.41) is 19.5. The van der Waals surface area contributed by atoms with Crippen LogP contribution in [0.5, 0.6) is 0 Å². The van der Waals surface area contributed by atoms with Crippen molar-refractivity contribution in [3.8, 4) is 0 Å². The zero-order valence-electron chi connectivity index (χ0n) is 7.02. The molecule has 1 rings (SSSR count). The second kappa shape index (κ2) is 3.82. The van der Waals surface area contributed by atoms with E-state index < -0.39 is 21.4 Å². The third-order valence-electron chi connectivity index (χ3n) is 1.60. The Bertz CT molecular complexity index is 389. The molecule has 0 aliphatic rings. The molecule has 14 heavy (non-hydrogen) atoms. The molecule has 0 bridgehead atoms. The summed E-state index contributed by atoms with van der Waals surface area (Å²) < 4.78 is 20.0. The second-order valence-electron chi connectivity index (χ2n) is 2.42. The average molecular weight is 221 g/mol. The van der Waals surface area contributed by atoms with E-state index in [1.54, 1.807) is 0 Å². The summed E-state index contributed by atoms with van der Waals surface area (Å²) >= 11 is -2.52. The Balaban J connectivity index is 3.13. The molecule has 0 saturated carbocycles. The maximum Gasteiger partial charge on any atom is 0.342 e. The van der Waals surface area contributed by atoms with Crippen LogP contribution in [0.25, 0.3) is 0 Å². The normalized spacial score (nSPS) is 15.1. The fourth-order valence-electron chi connectivity index (χ4n) is 0.904. The van der Waals surface area contributed by atoms with Crippen LogP contribution in [0.1, 0.15) is 11.3 Å². The van der Waals surface area contributed by atoms with Gasteiger partial charge in [0, 0.05) is 0 Å². The van der Waals surface area contributed by atoms with Gasteiger partial charge in [0.25, 0.3) is 0 Å². The predicted octanol–water partition coefficient (Wildman–Crippen LogP) is -0.459. The summed E-state index contributed by atoms with van der Waals surface area (Å²) in [7, 11) is 1.27. The minimum absolute atomic E-state index is 0.225. The molecular formula is C5H7N3O5S. The lowest BCUT2D eigenvalue weighted by Crippen LogP contribution is -2.11. The Kier molecular flexibility index (Phi) is 2.93. The van der Waals surface area contributed by atoms with Crippen molar-refractivity contribution < 1.29 is 18.8 Å². The van der Waals surface area contributed by atoms with Crippen molar-refractivity contribution in [3.05, 3.63) is 22.1 Å². The first kappa shape index (κ1) is 10.8. The third-order valence-corrected chi connectivity index (χ3v) is 2.19. The van der Waals surface area contributed by atoms with E-state index in [4.69, 9.17) is 9.66 Å². The minimum atomic E-state index is -2.52. The monoisotopic (exact) mass is 221 g/mol. The lowest BCUT2D eigenvalue weighted by Gasteiger charge is -2.01. The van der Waals surface area contributed by atoms with Gasteiger partial charge in [-0.15, -0.1) is 0 Å². The minimum Gasteiger partial charge on any atom is -0.369 e. The van der Waals surface area contributed by atoms with Crippen molar-refractivity contribution in [2.45, 2.75) is 5.44 Å². The maximum atomic E-state index is 10.5. The molecule has 1 aromatic rings. The Hall–Kier alpha value is -1.32. The molecule has 0 radical (unpaired) electrons. The van der Waals surface area contributed by atoms with Crippen LogP contribution in [-0.2, 0) is 18.1 Å². The molecule has 0 aliphatic carbocycles. The predicted molar refractivity (Wildman–Crippen MR) is 45.6 cm³/mol. The summed E-state index contributed by atoms with van der Waals surface area (Å²) in [6.07, 6.45) is 0.908. The Morgan fingerprint density at radius 1 is 1.79 bits per heavy atom. The molecule has 0 spiro atoms. The SMILES string of the molecule is Cn1c([N+](=O)[O-])cnc1C(O)S(=O)O. The highest BCUT2D eigenvalue weighted by molar-refractivity contribution is 7.79. The van der Waals surface area contributed by atoms with Crippen LogP contribution < -0.4 is 0 Å². The lowest BCUT2D eigenvalue weighted by molar-refractivity contribution is -0.391. The van der Waals surface area contributed by atoms with Crippen LogP contribution in [0, 0.1) is 10.1 Å². The van der Waals surface area contributed by atoms with Gasteiger partial charge in [-0.25, -0.2) is 13.8 Å². The summed E-state index contributed by atoms with van der Waals surface area (Å²) in [5.74, 6) is -0.581. The molecule has 0 aliphatic heterocycles. The van der Waals surface area contributed by atoms with E-state index in [0.29, 0.717) is 0 Å². The third kappa shape index (κ3) is 1.78. The molecule has 0 saturated heterocycles. The van der Waals surface area contributed by atoms with Gasteiger partial charge in [-0.05, 0) is 4.92 Å². The van der Waals surface area contributed by atoms with E-state index in [2.05, 4.69) is 4.98 Å². The first-order valence-corrected chi connectivity index (χ1v) is 4.56. The highest BCUT2D eigenvalue weighted by Crippen LogP contribution is 2.18. The van der Waals surface area contributed by atoms with Crippen LogP contribution >= 0.6 is 0 Å².